The van der Waals surface area contributed by atoms with Crippen molar-refractivity contribution in [2.45, 2.75) is 12.8 Å². The Morgan fingerprint density at radius 1 is 1.05 bits per heavy atom. The van der Waals surface area contributed by atoms with E-state index >= 15 is 0 Å². The van der Waals surface area contributed by atoms with Crippen molar-refractivity contribution >= 4 is 34.5 Å². The summed E-state index contributed by atoms with van der Waals surface area (Å²) in [6.07, 6.45) is 0.377. The van der Waals surface area contributed by atoms with Crippen LogP contribution in [0.25, 0.3) is 0 Å². The molecule has 2 aromatic rings. The molecule has 0 aliphatic carbocycles. The van der Waals surface area contributed by atoms with E-state index in [1.807, 2.05) is 0 Å². The Hall–Kier alpha value is -1.36. The van der Waals surface area contributed by atoms with Crippen molar-refractivity contribution < 1.29 is 13.9 Å². The largest absolute Gasteiger partial charge is 0.508 e. The summed E-state index contributed by atoms with van der Waals surface area (Å²) in [5.41, 5.74) is 1.52. The van der Waals surface area contributed by atoms with Crippen LogP contribution in [0.1, 0.15) is 11.1 Å². The highest BCUT2D eigenvalue weighted by Crippen LogP contribution is 2.32. The topological polar surface area (TPSA) is 20.2 Å². The lowest BCUT2D eigenvalue weighted by Crippen LogP contribution is -1.82. The molecule has 2 rings (SSSR count). The van der Waals surface area contributed by atoms with E-state index in [-0.39, 0.29) is 24.4 Å². The standard InChI is InChI=1S/C9H9FO.C7H5Cl2FS/c1-7(10)6-8-2-4-9(11)5-3-8;1-4(10)2-5-3-6(8)11-7(5)9/h2-5,11H,1,6H2;3H,1-2H2. The molecule has 0 saturated heterocycles. The summed E-state index contributed by atoms with van der Waals surface area (Å²) in [6, 6.07) is 8.04. The molecule has 1 heterocycles. The zero-order valence-corrected chi connectivity index (χ0v) is 13.9. The van der Waals surface area contributed by atoms with Gasteiger partial charge in [-0.1, -0.05) is 48.5 Å². The van der Waals surface area contributed by atoms with Gasteiger partial charge in [0.05, 0.1) is 20.3 Å². The molecular weight excluding hydrogens is 349 g/mol. The summed E-state index contributed by atoms with van der Waals surface area (Å²) in [7, 11) is 0. The third-order valence-corrected chi connectivity index (χ3v) is 4.01. The molecule has 0 atom stereocenters. The summed E-state index contributed by atoms with van der Waals surface area (Å²) in [5.74, 6) is -0.574. The van der Waals surface area contributed by atoms with Crippen molar-refractivity contribution in [2.75, 3.05) is 0 Å². The Labute approximate surface area is 142 Å². The minimum atomic E-state index is -0.402. The smallest absolute Gasteiger partial charge is 0.115 e. The number of aromatic hydroxyl groups is 1. The quantitative estimate of drug-likeness (QED) is 0.657. The SMILES string of the molecule is C=C(F)Cc1cc(Cl)sc1Cl.C=C(F)Cc1ccc(O)cc1. The van der Waals surface area contributed by atoms with Gasteiger partial charge in [0.1, 0.15) is 5.75 Å². The highest BCUT2D eigenvalue weighted by Gasteiger charge is 2.06. The summed E-state index contributed by atoms with van der Waals surface area (Å²) in [6.45, 7) is 6.28. The van der Waals surface area contributed by atoms with E-state index in [0.29, 0.717) is 14.2 Å². The van der Waals surface area contributed by atoms with Crippen molar-refractivity contribution in [1.29, 1.82) is 0 Å². The second-order valence-electron chi connectivity index (χ2n) is 4.40. The molecule has 1 aromatic carbocycles. The molecule has 1 aromatic heterocycles. The highest BCUT2D eigenvalue weighted by molar-refractivity contribution is 7.20. The van der Waals surface area contributed by atoms with Crippen LogP contribution in [0.2, 0.25) is 8.67 Å². The Morgan fingerprint density at radius 2 is 1.59 bits per heavy atom. The normalized spacial score (nSPS) is 9.82. The molecular formula is C16H14Cl2F2OS. The van der Waals surface area contributed by atoms with Gasteiger partial charge in [-0.15, -0.1) is 11.3 Å². The van der Waals surface area contributed by atoms with Gasteiger partial charge in [0.2, 0.25) is 0 Å². The monoisotopic (exact) mass is 362 g/mol. The van der Waals surface area contributed by atoms with Crippen LogP contribution in [0.15, 0.2) is 55.1 Å². The molecule has 0 unspecified atom stereocenters. The molecule has 0 bridgehead atoms. The van der Waals surface area contributed by atoms with E-state index in [2.05, 4.69) is 13.2 Å². The Morgan fingerprint density at radius 3 is 2.00 bits per heavy atom. The fourth-order valence-corrected chi connectivity index (χ4v) is 3.02. The van der Waals surface area contributed by atoms with Gasteiger partial charge in [0.25, 0.3) is 0 Å². The first-order chi connectivity index (χ1) is 10.3. The Bertz CT molecular complexity index is 651. The first-order valence-corrected chi connectivity index (χ1v) is 7.73. The second-order valence-corrected chi connectivity index (χ2v) is 6.69. The first-order valence-electron chi connectivity index (χ1n) is 6.16. The van der Waals surface area contributed by atoms with Crippen LogP contribution >= 0.6 is 34.5 Å². The van der Waals surface area contributed by atoms with Crippen molar-refractivity contribution in [1.82, 2.24) is 0 Å². The number of halogens is 4. The molecule has 0 aliphatic rings. The van der Waals surface area contributed by atoms with Crippen LogP contribution in [0, 0.1) is 0 Å². The summed E-state index contributed by atoms with van der Waals surface area (Å²) < 4.78 is 25.6. The van der Waals surface area contributed by atoms with Crippen molar-refractivity contribution in [3.05, 3.63) is 74.9 Å². The third-order valence-electron chi connectivity index (χ3n) is 2.44. The maximum Gasteiger partial charge on any atom is 0.115 e. The fourth-order valence-electron chi connectivity index (χ4n) is 1.54. The van der Waals surface area contributed by atoms with Gasteiger partial charge < -0.3 is 5.11 Å². The van der Waals surface area contributed by atoms with Gasteiger partial charge in [-0.05, 0) is 29.3 Å². The number of allylic oxidation sites excluding steroid dienone is 2. The zero-order valence-electron chi connectivity index (χ0n) is 11.6. The van der Waals surface area contributed by atoms with E-state index in [9.17, 15) is 8.78 Å². The molecule has 0 aliphatic heterocycles. The predicted octanol–water partition coefficient (Wildman–Crippen LogP) is 6.50. The minimum absolute atomic E-state index is 0.155. The van der Waals surface area contributed by atoms with Gasteiger partial charge in [0.15, 0.2) is 0 Å². The van der Waals surface area contributed by atoms with E-state index < -0.39 is 5.83 Å². The molecule has 0 saturated carbocycles. The van der Waals surface area contributed by atoms with Crippen LogP contribution in [-0.2, 0) is 12.8 Å². The lowest BCUT2D eigenvalue weighted by atomic mass is 10.1. The van der Waals surface area contributed by atoms with E-state index in [1.54, 1.807) is 18.2 Å². The maximum absolute atomic E-state index is 12.3. The Balaban J connectivity index is 0.000000220. The van der Waals surface area contributed by atoms with Gasteiger partial charge in [-0.25, -0.2) is 8.78 Å². The van der Waals surface area contributed by atoms with Crippen molar-refractivity contribution in [2.24, 2.45) is 0 Å². The lowest BCUT2D eigenvalue weighted by molar-refractivity contribution is 0.475. The Kier molecular flexibility index (Phi) is 7.59. The summed E-state index contributed by atoms with van der Waals surface area (Å²) >= 11 is 12.6. The molecule has 0 fully saturated rings. The number of hydrogen-bond donors (Lipinski definition) is 1. The van der Waals surface area contributed by atoms with Crippen molar-refractivity contribution in [3.8, 4) is 5.75 Å². The van der Waals surface area contributed by atoms with Gasteiger partial charge in [0, 0.05) is 12.8 Å². The molecule has 6 heteroatoms. The second kappa shape index (κ2) is 8.93. The minimum Gasteiger partial charge on any atom is -0.508 e. The number of thiophene rings is 1. The first kappa shape index (κ1) is 18.7. The van der Waals surface area contributed by atoms with Crippen LogP contribution in [0.3, 0.4) is 0 Å². The average molecular weight is 363 g/mol. The zero-order chi connectivity index (χ0) is 16.7. The van der Waals surface area contributed by atoms with Crippen LogP contribution < -0.4 is 0 Å². The summed E-state index contributed by atoms with van der Waals surface area (Å²) in [5, 5.41) is 8.87. The molecule has 118 valence electrons. The maximum atomic E-state index is 12.3. The number of hydrogen-bond acceptors (Lipinski definition) is 2. The lowest BCUT2D eigenvalue weighted by Gasteiger charge is -1.97. The number of rotatable bonds is 4. The van der Waals surface area contributed by atoms with Crippen molar-refractivity contribution in [3.63, 3.8) is 0 Å². The molecule has 0 spiro atoms. The molecule has 22 heavy (non-hydrogen) atoms. The van der Waals surface area contributed by atoms with Crippen LogP contribution in [0.4, 0.5) is 8.78 Å². The van der Waals surface area contributed by atoms with E-state index in [4.69, 9.17) is 28.3 Å². The van der Waals surface area contributed by atoms with Gasteiger partial charge in [-0.3, -0.25) is 0 Å². The molecule has 1 nitrogen and oxygen atoms in total. The molecule has 1 N–H and O–H groups in total. The fraction of sp³-hybridized carbons (Fsp3) is 0.125. The van der Waals surface area contributed by atoms with Crippen LogP contribution in [-0.4, -0.2) is 5.11 Å². The van der Waals surface area contributed by atoms with Crippen LogP contribution in [0.5, 0.6) is 5.75 Å². The number of benzene rings is 1. The summed E-state index contributed by atoms with van der Waals surface area (Å²) in [4.78, 5) is 0. The molecule has 0 amide bonds. The van der Waals surface area contributed by atoms with E-state index in [1.165, 1.54) is 23.5 Å². The highest BCUT2D eigenvalue weighted by atomic mass is 35.5. The predicted molar refractivity (Wildman–Crippen MR) is 90.3 cm³/mol. The number of phenolic OH excluding ortho intramolecular Hbond substituents is 1. The van der Waals surface area contributed by atoms with Gasteiger partial charge >= 0.3 is 0 Å². The third kappa shape index (κ3) is 7.07. The number of phenols is 1. The molecule has 0 radical (unpaired) electrons. The van der Waals surface area contributed by atoms with Gasteiger partial charge in [-0.2, -0.15) is 0 Å². The van der Waals surface area contributed by atoms with E-state index in [0.717, 1.165) is 5.56 Å². The average Bonchev–Trinajstić information content (AvgIpc) is 2.70.